The molecule has 2 aromatic heterocycles. The summed E-state index contributed by atoms with van der Waals surface area (Å²) in [6.45, 7) is 6.90. The molecule has 2 rings (SSSR count). The maximum absolute atomic E-state index is 6.05. The fraction of sp³-hybridized carbons (Fsp3) is 0.385. The van der Waals surface area contributed by atoms with Gasteiger partial charge in [0.25, 0.3) is 0 Å². The first-order chi connectivity index (χ1) is 9.63. The van der Waals surface area contributed by atoms with Gasteiger partial charge < -0.3 is 10.2 Å². The van der Waals surface area contributed by atoms with Crippen molar-refractivity contribution in [3.05, 3.63) is 33.0 Å². The van der Waals surface area contributed by atoms with Crippen molar-refractivity contribution in [3.8, 4) is 0 Å². The van der Waals surface area contributed by atoms with Gasteiger partial charge in [0.2, 0.25) is 0 Å². The molecule has 0 unspecified atom stereocenters. The standard InChI is InChI=1S/C13H16BrClN4S/c1-3-19(4-2)13-18-8-10(20-13)7-16-11-5-9(14)6-17-12(11)15/h5-6,8,16H,3-4,7H2,1-2H3. The Labute approximate surface area is 136 Å². The van der Waals surface area contributed by atoms with E-state index in [1.807, 2.05) is 12.3 Å². The van der Waals surface area contributed by atoms with Gasteiger partial charge in [-0.2, -0.15) is 0 Å². The summed E-state index contributed by atoms with van der Waals surface area (Å²) in [5.74, 6) is 0. The van der Waals surface area contributed by atoms with E-state index in [2.05, 4.69) is 50.0 Å². The number of halogens is 2. The molecule has 0 spiro atoms. The average molecular weight is 376 g/mol. The van der Waals surface area contributed by atoms with Crippen LogP contribution in [0.5, 0.6) is 0 Å². The zero-order valence-electron chi connectivity index (χ0n) is 11.4. The molecule has 0 bridgehead atoms. The number of pyridine rings is 1. The van der Waals surface area contributed by atoms with E-state index in [4.69, 9.17) is 11.6 Å². The van der Waals surface area contributed by atoms with Crippen LogP contribution in [0, 0.1) is 0 Å². The van der Waals surface area contributed by atoms with Gasteiger partial charge in [0, 0.05) is 34.8 Å². The van der Waals surface area contributed by atoms with Crippen LogP contribution in [-0.4, -0.2) is 23.1 Å². The molecule has 0 aromatic carbocycles. The van der Waals surface area contributed by atoms with Gasteiger partial charge in [0.15, 0.2) is 10.3 Å². The van der Waals surface area contributed by atoms with E-state index in [9.17, 15) is 0 Å². The van der Waals surface area contributed by atoms with E-state index in [1.165, 1.54) is 4.88 Å². The van der Waals surface area contributed by atoms with Gasteiger partial charge in [-0.05, 0) is 35.8 Å². The first-order valence-corrected chi connectivity index (χ1v) is 8.37. The molecule has 0 aliphatic carbocycles. The lowest BCUT2D eigenvalue weighted by atomic mass is 10.4. The third-order valence-electron chi connectivity index (χ3n) is 2.83. The van der Waals surface area contributed by atoms with Crippen LogP contribution in [0.4, 0.5) is 10.8 Å². The van der Waals surface area contributed by atoms with Crippen LogP contribution in [0.25, 0.3) is 0 Å². The molecule has 108 valence electrons. The van der Waals surface area contributed by atoms with Crippen molar-refractivity contribution >= 4 is 49.7 Å². The lowest BCUT2D eigenvalue weighted by molar-refractivity contribution is 0.860. The van der Waals surface area contributed by atoms with Gasteiger partial charge in [0.05, 0.1) is 12.2 Å². The van der Waals surface area contributed by atoms with Crippen molar-refractivity contribution in [3.63, 3.8) is 0 Å². The number of nitrogens with zero attached hydrogens (tertiary/aromatic N) is 3. The first kappa shape index (κ1) is 15.5. The van der Waals surface area contributed by atoms with Gasteiger partial charge in [-0.1, -0.05) is 11.6 Å². The molecule has 0 atom stereocenters. The highest BCUT2D eigenvalue weighted by Crippen LogP contribution is 2.26. The molecule has 7 heteroatoms. The summed E-state index contributed by atoms with van der Waals surface area (Å²) < 4.78 is 0.900. The largest absolute Gasteiger partial charge is 0.378 e. The number of hydrogen-bond acceptors (Lipinski definition) is 5. The predicted octanol–water partition coefficient (Wildman–Crippen LogP) is 4.41. The normalized spacial score (nSPS) is 10.6. The van der Waals surface area contributed by atoms with Crippen molar-refractivity contribution < 1.29 is 0 Å². The maximum Gasteiger partial charge on any atom is 0.185 e. The van der Waals surface area contributed by atoms with Crippen molar-refractivity contribution in [1.29, 1.82) is 0 Å². The summed E-state index contributed by atoms with van der Waals surface area (Å²) in [4.78, 5) is 12.0. The fourth-order valence-electron chi connectivity index (χ4n) is 1.75. The molecule has 0 saturated heterocycles. The molecule has 0 aliphatic heterocycles. The van der Waals surface area contributed by atoms with Crippen LogP contribution in [0.3, 0.4) is 0 Å². The van der Waals surface area contributed by atoms with Gasteiger partial charge in [-0.25, -0.2) is 9.97 Å². The number of thiazole rings is 1. The molecule has 0 aliphatic rings. The number of hydrogen-bond donors (Lipinski definition) is 1. The average Bonchev–Trinajstić information content (AvgIpc) is 2.90. The smallest absolute Gasteiger partial charge is 0.185 e. The minimum atomic E-state index is 0.474. The van der Waals surface area contributed by atoms with Gasteiger partial charge >= 0.3 is 0 Å². The second-order valence-electron chi connectivity index (χ2n) is 4.13. The Morgan fingerprint density at radius 3 is 2.75 bits per heavy atom. The van der Waals surface area contributed by atoms with E-state index in [1.54, 1.807) is 17.5 Å². The molecule has 4 nitrogen and oxygen atoms in total. The molecule has 2 heterocycles. The van der Waals surface area contributed by atoms with E-state index in [-0.39, 0.29) is 0 Å². The van der Waals surface area contributed by atoms with Crippen LogP contribution < -0.4 is 10.2 Å². The van der Waals surface area contributed by atoms with Crippen molar-refractivity contribution in [1.82, 2.24) is 9.97 Å². The van der Waals surface area contributed by atoms with Crippen molar-refractivity contribution in [2.24, 2.45) is 0 Å². The van der Waals surface area contributed by atoms with E-state index >= 15 is 0 Å². The highest BCUT2D eigenvalue weighted by Gasteiger charge is 2.08. The van der Waals surface area contributed by atoms with E-state index < -0.39 is 0 Å². The Morgan fingerprint density at radius 1 is 1.30 bits per heavy atom. The molecule has 20 heavy (non-hydrogen) atoms. The Hall–Kier alpha value is -0.850. The number of aromatic nitrogens is 2. The zero-order valence-corrected chi connectivity index (χ0v) is 14.5. The summed E-state index contributed by atoms with van der Waals surface area (Å²) in [6.07, 6.45) is 3.59. The van der Waals surface area contributed by atoms with Crippen LogP contribution >= 0.6 is 38.9 Å². The number of anilines is 2. The minimum absolute atomic E-state index is 0.474. The Balaban J connectivity index is 2.02. The topological polar surface area (TPSA) is 41.1 Å². The highest BCUT2D eigenvalue weighted by molar-refractivity contribution is 9.10. The molecule has 0 radical (unpaired) electrons. The summed E-state index contributed by atoms with van der Waals surface area (Å²) >= 11 is 11.1. The third kappa shape index (κ3) is 3.84. The Morgan fingerprint density at radius 2 is 2.05 bits per heavy atom. The summed E-state index contributed by atoms with van der Waals surface area (Å²) in [7, 11) is 0. The second-order valence-corrected chi connectivity index (χ2v) is 6.49. The lowest BCUT2D eigenvalue weighted by Crippen LogP contribution is -2.21. The van der Waals surface area contributed by atoms with Crippen LogP contribution in [0.15, 0.2) is 22.9 Å². The lowest BCUT2D eigenvalue weighted by Gasteiger charge is -2.16. The predicted molar refractivity (Wildman–Crippen MR) is 89.9 cm³/mol. The Kier molecular flexibility index (Phi) is 5.63. The maximum atomic E-state index is 6.05. The van der Waals surface area contributed by atoms with Gasteiger partial charge in [0.1, 0.15) is 0 Å². The Bertz CT molecular complexity index is 571. The first-order valence-electron chi connectivity index (χ1n) is 6.38. The SMILES string of the molecule is CCN(CC)c1ncc(CNc2cc(Br)cnc2Cl)s1. The van der Waals surface area contributed by atoms with Crippen LogP contribution in [0.2, 0.25) is 5.15 Å². The molecule has 1 N–H and O–H groups in total. The molecule has 2 aromatic rings. The molecule has 0 saturated carbocycles. The van der Waals surface area contributed by atoms with Crippen LogP contribution in [-0.2, 0) is 6.54 Å². The van der Waals surface area contributed by atoms with Gasteiger partial charge in [-0.15, -0.1) is 11.3 Å². The summed E-state index contributed by atoms with van der Waals surface area (Å²) in [5, 5.41) is 4.82. The van der Waals surface area contributed by atoms with E-state index in [0.29, 0.717) is 11.7 Å². The molecular weight excluding hydrogens is 360 g/mol. The fourth-order valence-corrected chi connectivity index (χ4v) is 3.23. The van der Waals surface area contributed by atoms with E-state index in [0.717, 1.165) is 28.4 Å². The second kappa shape index (κ2) is 7.24. The quantitative estimate of drug-likeness (QED) is 0.759. The number of nitrogens with one attached hydrogen (secondary N) is 1. The summed E-state index contributed by atoms with van der Waals surface area (Å²) in [6, 6.07) is 1.92. The molecule has 0 fully saturated rings. The molecular formula is C13H16BrClN4S. The zero-order chi connectivity index (χ0) is 14.5. The van der Waals surface area contributed by atoms with Crippen molar-refractivity contribution in [2.45, 2.75) is 20.4 Å². The van der Waals surface area contributed by atoms with Gasteiger partial charge in [-0.3, -0.25) is 0 Å². The highest BCUT2D eigenvalue weighted by atomic mass is 79.9. The summed E-state index contributed by atoms with van der Waals surface area (Å²) in [5.41, 5.74) is 0.818. The third-order valence-corrected chi connectivity index (χ3v) is 4.63. The monoisotopic (exact) mass is 374 g/mol. The minimum Gasteiger partial charge on any atom is -0.378 e. The van der Waals surface area contributed by atoms with Crippen molar-refractivity contribution in [2.75, 3.05) is 23.3 Å². The molecule has 0 amide bonds. The number of rotatable bonds is 6. The van der Waals surface area contributed by atoms with Crippen LogP contribution in [0.1, 0.15) is 18.7 Å².